The van der Waals surface area contributed by atoms with Crippen LogP contribution >= 0.6 is 0 Å². The predicted molar refractivity (Wildman–Crippen MR) is 86.8 cm³/mol. The van der Waals surface area contributed by atoms with E-state index in [4.69, 9.17) is 0 Å². The number of nitrogens with zero attached hydrogens (tertiary/aromatic N) is 1. The summed E-state index contributed by atoms with van der Waals surface area (Å²) in [4.78, 5) is 26.0. The molecule has 1 N–H and O–H groups in total. The highest BCUT2D eigenvalue weighted by molar-refractivity contribution is 6.23. The van der Waals surface area contributed by atoms with Gasteiger partial charge in [-0.05, 0) is 55.3 Å². The monoisotopic (exact) mass is 312 g/mol. The average Bonchev–Trinajstić information content (AvgIpc) is 2.77. The highest BCUT2D eigenvalue weighted by Crippen LogP contribution is 2.26. The van der Waals surface area contributed by atoms with Gasteiger partial charge < -0.3 is 5.32 Å². The zero-order valence-electron chi connectivity index (χ0n) is 13.0. The Bertz CT molecular complexity index is 788. The number of nitrogens with one attached hydrogen (secondary N) is 1. The normalized spacial score (nSPS) is 17.7. The van der Waals surface area contributed by atoms with Gasteiger partial charge in [-0.2, -0.15) is 0 Å². The number of anilines is 2. The molecule has 0 aromatic heterocycles. The summed E-state index contributed by atoms with van der Waals surface area (Å²) >= 11 is 0. The van der Waals surface area contributed by atoms with Crippen LogP contribution in [0, 0.1) is 19.7 Å². The van der Waals surface area contributed by atoms with Crippen molar-refractivity contribution in [1.29, 1.82) is 0 Å². The summed E-state index contributed by atoms with van der Waals surface area (Å²) in [6, 6.07) is 10.7. The Morgan fingerprint density at radius 3 is 2.57 bits per heavy atom. The van der Waals surface area contributed by atoms with Gasteiger partial charge in [0.1, 0.15) is 11.9 Å². The number of carbonyl (C=O) groups excluding carboxylic acids is 2. The lowest BCUT2D eigenvalue weighted by Crippen LogP contribution is -2.34. The van der Waals surface area contributed by atoms with Crippen LogP contribution in [-0.4, -0.2) is 17.9 Å². The zero-order chi connectivity index (χ0) is 16.6. The molecule has 2 aromatic rings. The summed E-state index contributed by atoms with van der Waals surface area (Å²) < 4.78 is 13.2. The molecule has 5 heteroatoms. The molecule has 0 spiro atoms. The minimum absolute atomic E-state index is 0.0578. The van der Waals surface area contributed by atoms with Crippen molar-refractivity contribution in [3.05, 3.63) is 59.4 Å². The fourth-order valence-corrected chi connectivity index (χ4v) is 2.66. The van der Waals surface area contributed by atoms with Gasteiger partial charge >= 0.3 is 0 Å². The number of hydrogen-bond donors (Lipinski definition) is 1. The van der Waals surface area contributed by atoms with Crippen molar-refractivity contribution < 1.29 is 14.0 Å². The molecule has 0 radical (unpaired) electrons. The third-order valence-corrected chi connectivity index (χ3v) is 4.06. The van der Waals surface area contributed by atoms with Crippen LogP contribution in [0.1, 0.15) is 17.5 Å². The predicted octanol–water partition coefficient (Wildman–Crippen LogP) is 3.19. The maximum Gasteiger partial charge on any atom is 0.256 e. The molecular weight excluding hydrogens is 295 g/mol. The molecule has 2 amide bonds. The van der Waals surface area contributed by atoms with Crippen molar-refractivity contribution in [1.82, 2.24) is 0 Å². The fraction of sp³-hybridized carbons (Fsp3) is 0.222. The molecule has 4 nitrogen and oxygen atoms in total. The molecule has 2 aromatic carbocycles. The summed E-state index contributed by atoms with van der Waals surface area (Å²) in [5, 5.41) is 2.94. The van der Waals surface area contributed by atoms with Gasteiger partial charge in [-0.1, -0.05) is 12.1 Å². The Balaban J connectivity index is 1.83. The van der Waals surface area contributed by atoms with Crippen LogP contribution in [0.25, 0.3) is 0 Å². The molecule has 1 unspecified atom stereocenters. The lowest BCUT2D eigenvalue weighted by Gasteiger charge is -2.17. The van der Waals surface area contributed by atoms with Gasteiger partial charge in [0, 0.05) is 5.69 Å². The summed E-state index contributed by atoms with van der Waals surface area (Å²) in [5.41, 5.74) is 3.18. The van der Waals surface area contributed by atoms with Crippen molar-refractivity contribution >= 4 is 23.2 Å². The number of amides is 2. The average molecular weight is 312 g/mol. The van der Waals surface area contributed by atoms with Gasteiger partial charge in [-0.25, -0.2) is 9.29 Å². The second kappa shape index (κ2) is 5.83. The zero-order valence-corrected chi connectivity index (χ0v) is 13.0. The largest absolute Gasteiger partial charge is 0.373 e. The van der Waals surface area contributed by atoms with Crippen LogP contribution in [-0.2, 0) is 9.59 Å². The van der Waals surface area contributed by atoms with Crippen LogP contribution in [0.5, 0.6) is 0 Å². The number of rotatable bonds is 3. The Labute approximate surface area is 133 Å². The smallest absolute Gasteiger partial charge is 0.256 e. The third kappa shape index (κ3) is 2.95. The molecule has 1 fully saturated rings. The molecule has 1 heterocycles. The van der Waals surface area contributed by atoms with E-state index in [-0.39, 0.29) is 18.2 Å². The fourth-order valence-electron chi connectivity index (χ4n) is 2.66. The minimum Gasteiger partial charge on any atom is -0.373 e. The van der Waals surface area contributed by atoms with Crippen LogP contribution in [0.15, 0.2) is 42.5 Å². The molecule has 1 aliphatic rings. The van der Waals surface area contributed by atoms with Crippen LogP contribution < -0.4 is 10.2 Å². The first-order valence-corrected chi connectivity index (χ1v) is 7.42. The van der Waals surface area contributed by atoms with E-state index < -0.39 is 11.9 Å². The van der Waals surface area contributed by atoms with Gasteiger partial charge in [0.15, 0.2) is 0 Å². The van der Waals surface area contributed by atoms with E-state index in [1.807, 2.05) is 26.0 Å². The van der Waals surface area contributed by atoms with E-state index in [2.05, 4.69) is 5.32 Å². The number of aryl methyl sites for hydroxylation is 2. The van der Waals surface area contributed by atoms with Gasteiger partial charge in [0.2, 0.25) is 5.91 Å². The highest BCUT2D eigenvalue weighted by atomic mass is 19.1. The van der Waals surface area contributed by atoms with Crippen molar-refractivity contribution in [3.8, 4) is 0 Å². The molecule has 3 rings (SSSR count). The lowest BCUT2D eigenvalue weighted by atomic mass is 10.1. The van der Waals surface area contributed by atoms with Crippen molar-refractivity contribution in [2.45, 2.75) is 26.3 Å². The van der Waals surface area contributed by atoms with E-state index in [0.717, 1.165) is 11.1 Å². The summed E-state index contributed by atoms with van der Waals surface area (Å²) in [6.45, 7) is 3.91. The maximum atomic E-state index is 13.2. The molecule has 23 heavy (non-hydrogen) atoms. The van der Waals surface area contributed by atoms with E-state index >= 15 is 0 Å². The molecule has 1 aliphatic heterocycles. The van der Waals surface area contributed by atoms with Crippen LogP contribution in [0.2, 0.25) is 0 Å². The first-order chi connectivity index (χ1) is 11.0. The van der Waals surface area contributed by atoms with E-state index in [9.17, 15) is 14.0 Å². The molecule has 118 valence electrons. The standard InChI is InChI=1S/C18H17FN2O2/c1-11-6-7-15(8-12(11)2)21-17(22)10-16(18(21)23)20-14-5-3-4-13(19)9-14/h3-9,16,20H,10H2,1-2H3. The van der Waals surface area contributed by atoms with E-state index in [0.29, 0.717) is 11.4 Å². The SMILES string of the molecule is Cc1ccc(N2C(=O)CC(Nc3cccc(F)c3)C2=O)cc1C. The summed E-state index contributed by atoms with van der Waals surface area (Å²) in [5.74, 6) is -0.965. The van der Waals surface area contributed by atoms with Gasteiger partial charge in [0.05, 0.1) is 12.1 Å². The Hall–Kier alpha value is -2.69. The lowest BCUT2D eigenvalue weighted by molar-refractivity contribution is -0.121. The topological polar surface area (TPSA) is 49.4 Å². The molecule has 1 saturated heterocycles. The number of imide groups is 1. The van der Waals surface area contributed by atoms with Crippen LogP contribution in [0.3, 0.4) is 0 Å². The van der Waals surface area contributed by atoms with Gasteiger partial charge in [0.25, 0.3) is 5.91 Å². The summed E-state index contributed by atoms with van der Waals surface area (Å²) in [6.07, 6.45) is 0.0578. The Morgan fingerprint density at radius 1 is 1.09 bits per heavy atom. The molecule has 0 bridgehead atoms. The Kier molecular flexibility index (Phi) is 3.86. The van der Waals surface area contributed by atoms with Crippen molar-refractivity contribution in [2.24, 2.45) is 0 Å². The molecule has 0 aliphatic carbocycles. The molecular formula is C18H17FN2O2. The minimum atomic E-state index is -0.675. The molecule has 1 atom stereocenters. The van der Waals surface area contributed by atoms with Crippen molar-refractivity contribution in [2.75, 3.05) is 10.2 Å². The Morgan fingerprint density at radius 2 is 1.87 bits per heavy atom. The second-order valence-corrected chi connectivity index (χ2v) is 5.75. The quantitative estimate of drug-likeness (QED) is 0.886. The highest BCUT2D eigenvalue weighted by Gasteiger charge is 2.39. The van der Waals surface area contributed by atoms with Crippen LogP contribution in [0.4, 0.5) is 15.8 Å². The second-order valence-electron chi connectivity index (χ2n) is 5.75. The first-order valence-electron chi connectivity index (χ1n) is 7.42. The maximum absolute atomic E-state index is 13.2. The van der Waals surface area contributed by atoms with E-state index in [1.165, 1.54) is 17.0 Å². The van der Waals surface area contributed by atoms with E-state index in [1.54, 1.807) is 18.2 Å². The first kappa shape index (κ1) is 15.2. The van der Waals surface area contributed by atoms with Gasteiger partial charge in [-0.3, -0.25) is 9.59 Å². The molecule has 0 saturated carbocycles. The third-order valence-electron chi connectivity index (χ3n) is 4.06. The number of halogens is 1. The van der Waals surface area contributed by atoms with Crippen molar-refractivity contribution in [3.63, 3.8) is 0 Å². The number of carbonyl (C=O) groups is 2. The number of benzene rings is 2. The van der Waals surface area contributed by atoms with Gasteiger partial charge in [-0.15, -0.1) is 0 Å². The summed E-state index contributed by atoms with van der Waals surface area (Å²) in [7, 11) is 0. The number of hydrogen-bond acceptors (Lipinski definition) is 3.